The Balaban J connectivity index is 1.50. The van der Waals surface area contributed by atoms with Gasteiger partial charge in [0.05, 0.1) is 10.5 Å². The number of rotatable bonds is 3. The van der Waals surface area contributed by atoms with E-state index in [2.05, 4.69) is 15.9 Å². The topological polar surface area (TPSA) is 57.7 Å². The van der Waals surface area contributed by atoms with Crippen LogP contribution in [0.5, 0.6) is 0 Å². The van der Waals surface area contributed by atoms with E-state index in [0.29, 0.717) is 18.7 Å². The Morgan fingerprint density at radius 2 is 1.46 bits per heavy atom. The molecule has 28 heavy (non-hydrogen) atoms. The first-order chi connectivity index (χ1) is 13.5. The summed E-state index contributed by atoms with van der Waals surface area (Å²) in [5, 5.41) is 1.90. The lowest BCUT2D eigenvalue weighted by molar-refractivity contribution is 0.0697. The molecule has 7 heteroatoms. The van der Waals surface area contributed by atoms with Crippen molar-refractivity contribution >= 4 is 42.6 Å². The Kier molecular flexibility index (Phi) is 5.23. The second-order valence-electron chi connectivity index (χ2n) is 6.69. The predicted octanol–water partition coefficient (Wildman–Crippen LogP) is 3.75. The summed E-state index contributed by atoms with van der Waals surface area (Å²) in [6.45, 7) is 1.30. The van der Waals surface area contributed by atoms with Crippen LogP contribution < -0.4 is 0 Å². The van der Waals surface area contributed by atoms with E-state index < -0.39 is 10.0 Å². The molecule has 0 radical (unpaired) electrons. The number of nitrogens with zero attached hydrogens (tertiary/aromatic N) is 2. The van der Waals surface area contributed by atoms with Crippen molar-refractivity contribution < 1.29 is 13.2 Å². The maximum atomic E-state index is 13.0. The lowest BCUT2D eigenvalue weighted by Gasteiger charge is -2.34. The number of carbonyl (C=O) groups is 1. The van der Waals surface area contributed by atoms with Crippen LogP contribution in [-0.4, -0.2) is 49.7 Å². The average Bonchev–Trinajstić information content (AvgIpc) is 2.73. The number of hydrogen-bond acceptors (Lipinski definition) is 3. The Morgan fingerprint density at radius 3 is 2.18 bits per heavy atom. The van der Waals surface area contributed by atoms with Crippen molar-refractivity contribution in [1.82, 2.24) is 9.21 Å². The third kappa shape index (κ3) is 3.57. The Labute approximate surface area is 172 Å². The Hall–Kier alpha value is -2.22. The zero-order valence-corrected chi connectivity index (χ0v) is 17.5. The normalized spacial score (nSPS) is 15.7. The van der Waals surface area contributed by atoms with Gasteiger partial charge in [-0.25, -0.2) is 8.42 Å². The van der Waals surface area contributed by atoms with Gasteiger partial charge in [0.25, 0.3) is 5.91 Å². The van der Waals surface area contributed by atoms with Crippen LogP contribution in [0.1, 0.15) is 10.4 Å². The number of carbonyl (C=O) groups excluding carboxylic acids is 1. The van der Waals surface area contributed by atoms with Gasteiger partial charge in [0, 0.05) is 30.7 Å². The lowest BCUT2D eigenvalue weighted by atomic mass is 10.1. The first-order valence-corrected chi connectivity index (χ1v) is 11.2. The SMILES string of the molecule is O=C(c1ccccc1Br)N1CCN(S(=O)(=O)c2ccc3ccccc3c2)CC1. The van der Waals surface area contributed by atoms with Crippen LogP contribution in [0.25, 0.3) is 10.8 Å². The molecule has 5 nitrogen and oxygen atoms in total. The molecule has 1 aliphatic heterocycles. The van der Waals surface area contributed by atoms with Gasteiger partial charge >= 0.3 is 0 Å². The summed E-state index contributed by atoms with van der Waals surface area (Å²) < 4.78 is 28.3. The molecule has 0 bridgehead atoms. The minimum atomic E-state index is -3.59. The molecule has 0 N–H and O–H groups in total. The van der Waals surface area contributed by atoms with Gasteiger partial charge in [-0.3, -0.25) is 4.79 Å². The van der Waals surface area contributed by atoms with Crippen molar-refractivity contribution in [2.75, 3.05) is 26.2 Å². The molecule has 3 aromatic rings. The molecule has 3 aromatic carbocycles. The number of fused-ring (bicyclic) bond motifs is 1. The first-order valence-electron chi connectivity index (χ1n) is 8.99. The van der Waals surface area contributed by atoms with E-state index in [0.717, 1.165) is 15.2 Å². The largest absolute Gasteiger partial charge is 0.336 e. The highest BCUT2D eigenvalue weighted by molar-refractivity contribution is 9.10. The molecule has 0 spiro atoms. The van der Waals surface area contributed by atoms with E-state index in [-0.39, 0.29) is 23.9 Å². The third-order valence-corrected chi connectivity index (χ3v) is 7.57. The zero-order valence-electron chi connectivity index (χ0n) is 15.1. The molecule has 144 valence electrons. The summed E-state index contributed by atoms with van der Waals surface area (Å²) in [6, 6.07) is 20.1. The van der Waals surface area contributed by atoms with Crippen LogP contribution in [0.3, 0.4) is 0 Å². The number of hydrogen-bond donors (Lipinski definition) is 0. The third-order valence-electron chi connectivity index (χ3n) is 4.99. The van der Waals surface area contributed by atoms with E-state index in [4.69, 9.17) is 0 Å². The molecular formula is C21H19BrN2O3S. The van der Waals surface area contributed by atoms with E-state index in [1.165, 1.54) is 4.31 Å². The summed E-state index contributed by atoms with van der Waals surface area (Å²) in [5.41, 5.74) is 0.591. The average molecular weight is 459 g/mol. The van der Waals surface area contributed by atoms with Crippen molar-refractivity contribution in [2.24, 2.45) is 0 Å². The highest BCUT2D eigenvalue weighted by Gasteiger charge is 2.30. The second kappa shape index (κ2) is 7.66. The standard InChI is InChI=1S/C21H19BrN2O3S/c22-20-8-4-3-7-19(20)21(25)23-11-13-24(14-12-23)28(26,27)18-10-9-16-5-1-2-6-17(16)15-18/h1-10,15H,11-14H2. The molecule has 0 aromatic heterocycles. The molecular weight excluding hydrogens is 440 g/mol. The molecule has 1 heterocycles. The van der Waals surface area contributed by atoms with E-state index >= 15 is 0 Å². The summed E-state index contributed by atoms with van der Waals surface area (Å²) in [5.74, 6) is -0.0878. The minimum Gasteiger partial charge on any atom is -0.336 e. The van der Waals surface area contributed by atoms with Crippen LogP contribution in [0.15, 0.2) is 76.1 Å². The van der Waals surface area contributed by atoms with Crippen LogP contribution in [0.4, 0.5) is 0 Å². The fourth-order valence-electron chi connectivity index (χ4n) is 3.41. The Bertz CT molecular complexity index is 1140. The monoisotopic (exact) mass is 458 g/mol. The smallest absolute Gasteiger partial charge is 0.255 e. The first kappa shape index (κ1) is 19.1. The molecule has 0 aliphatic carbocycles. The molecule has 0 saturated carbocycles. The van der Waals surface area contributed by atoms with E-state index in [1.807, 2.05) is 48.5 Å². The molecule has 0 unspecified atom stereocenters. The number of benzene rings is 3. The minimum absolute atomic E-state index is 0.0878. The number of amides is 1. The molecule has 0 atom stereocenters. The van der Waals surface area contributed by atoms with Crippen LogP contribution in [-0.2, 0) is 10.0 Å². The summed E-state index contributed by atoms with van der Waals surface area (Å²) >= 11 is 3.40. The van der Waals surface area contributed by atoms with Crippen molar-refractivity contribution in [2.45, 2.75) is 4.90 Å². The molecule has 4 rings (SSSR count). The highest BCUT2D eigenvalue weighted by Crippen LogP contribution is 2.24. The number of halogens is 1. The molecule has 1 saturated heterocycles. The molecule has 1 fully saturated rings. The summed E-state index contributed by atoms with van der Waals surface area (Å²) in [7, 11) is -3.59. The second-order valence-corrected chi connectivity index (χ2v) is 9.48. The van der Waals surface area contributed by atoms with Gasteiger partial charge in [0.1, 0.15) is 0 Å². The maximum Gasteiger partial charge on any atom is 0.255 e. The predicted molar refractivity (Wildman–Crippen MR) is 113 cm³/mol. The number of piperazine rings is 1. The van der Waals surface area contributed by atoms with Crippen LogP contribution >= 0.6 is 15.9 Å². The Morgan fingerprint density at radius 1 is 0.821 bits per heavy atom. The van der Waals surface area contributed by atoms with Gasteiger partial charge < -0.3 is 4.90 Å². The maximum absolute atomic E-state index is 13.0. The van der Waals surface area contributed by atoms with E-state index in [1.54, 1.807) is 23.1 Å². The van der Waals surface area contributed by atoms with Gasteiger partial charge in [0.2, 0.25) is 10.0 Å². The highest BCUT2D eigenvalue weighted by atomic mass is 79.9. The van der Waals surface area contributed by atoms with E-state index in [9.17, 15) is 13.2 Å². The van der Waals surface area contributed by atoms with Crippen molar-refractivity contribution in [1.29, 1.82) is 0 Å². The van der Waals surface area contributed by atoms with Crippen molar-refractivity contribution in [3.63, 3.8) is 0 Å². The summed E-state index contributed by atoms with van der Waals surface area (Å²) in [4.78, 5) is 14.7. The van der Waals surface area contributed by atoms with Gasteiger partial charge in [-0.15, -0.1) is 0 Å². The lowest BCUT2D eigenvalue weighted by Crippen LogP contribution is -2.50. The summed E-state index contributed by atoms with van der Waals surface area (Å²) in [6.07, 6.45) is 0. The van der Waals surface area contributed by atoms with Gasteiger partial charge in [0.15, 0.2) is 0 Å². The molecule has 1 aliphatic rings. The van der Waals surface area contributed by atoms with Gasteiger partial charge in [-0.05, 0) is 51.0 Å². The van der Waals surface area contributed by atoms with Crippen LogP contribution in [0.2, 0.25) is 0 Å². The fraction of sp³-hybridized carbons (Fsp3) is 0.190. The molecule has 1 amide bonds. The van der Waals surface area contributed by atoms with Gasteiger partial charge in [-0.2, -0.15) is 4.31 Å². The number of sulfonamides is 1. The quantitative estimate of drug-likeness (QED) is 0.600. The van der Waals surface area contributed by atoms with Crippen LogP contribution in [0, 0.1) is 0 Å². The van der Waals surface area contributed by atoms with Crippen molar-refractivity contribution in [3.8, 4) is 0 Å². The fourth-order valence-corrected chi connectivity index (χ4v) is 5.33. The van der Waals surface area contributed by atoms with Gasteiger partial charge in [-0.1, -0.05) is 42.5 Å². The van der Waals surface area contributed by atoms with Crippen molar-refractivity contribution in [3.05, 3.63) is 76.8 Å². The zero-order chi connectivity index (χ0) is 19.7.